The summed E-state index contributed by atoms with van der Waals surface area (Å²) in [6.45, 7) is 11.3. The van der Waals surface area contributed by atoms with Crippen LogP contribution in [0.1, 0.15) is 53.9 Å². The van der Waals surface area contributed by atoms with Gasteiger partial charge >= 0.3 is 0 Å². The highest BCUT2D eigenvalue weighted by atomic mass is 15.1. The predicted molar refractivity (Wildman–Crippen MR) is 68.1 cm³/mol. The van der Waals surface area contributed by atoms with Gasteiger partial charge in [0.1, 0.15) is 0 Å². The Bertz CT molecular complexity index is 333. The van der Waals surface area contributed by atoms with E-state index in [9.17, 15) is 0 Å². The van der Waals surface area contributed by atoms with Crippen molar-refractivity contribution >= 4 is 0 Å². The molecular weight excluding hydrogens is 198 g/mol. The highest BCUT2D eigenvalue weighted by Gasteiger charge is 2.37. The maximum atomic E-state index is 8.52. The molecule has 3 heteroatoms. The number of rotatable bonds is 2. The van der Waals surface area contributed by atoms with Crippen molar-refractivity contribution in [1.82, 2.24) is 0 Å². The molecule has 0 bridgehead atoms. The van der Waals surface area contributed by atoms with Gasteiger partial charge < -0.3 is 0 Å². The van der Waals surface area contributed by atoms with Crippen molar-refractivity contribution in [1.29, 1.82) is 0 Å². The third-order valence-electron chi connectivity index (χ3n) is 4.22. The maximum absolute atomic E-state index is 8.52. The third-order valence-corrected chi connectivity index (χ3v) is 4.22. The molecule has 2 atom stereocenters. The lowest BCUT2D eigenvalue weighted by atomic mass is 9.63. The Balaban J connectivity index is 3.02. The number of nitrogens with zero attached hydrogens (tertiary/aromatic N) is 3. The van der Waals surface area contributed by atoms with E-state index in [1.54, 1.807) is 0 Å². The van der Waals surface area contributed by atoms with Crippen molar-refractivity contribution in [3.8, 4) is 0 Å². The van der Waals surface area contributed by atoms with Crippen molar-refractivity contribution < 1.29 is 0 Å². The van der Waals surface area contributed by atoms with Gasteiger partial charge in [-0.25, -0.2) is 0 Å². The zero-order valence-corrected chi connectivity index (χ0v) is 11.1. The second kappa shape index (κ2) is 4.92. The molecule has 0 aromatic rings. The number of hydrogen-bond donors (Lipinski definition) is 0. The second-order valence-corrected chi connectivity index (χ2v) is 5.65. The number of azide groups is 1. The van der Waals surface area contributed by atoms with Crippen LogP contribution in [0, 0.1) is 11.3 Å². The molecule has 0 spiro atoms. The van der Waals surface area contributed by atoms with Crippen LogP contribution >= 0.6 is 0 Å². The van der Waals surface area contributed by atoms with Gasteiger partial charge in [0.05, 0.1) is 0 Å². The first kappa shape index (κ1) is 13.1. The van der Waals surface area contributed by atoms with E-state index in [2.05, 4.69) is 44.6 Å². The Kier molecular flexibility index (Phi) is 4.03. The average Bonchev–Trinajstić information content (AvgIpc) is 2.20. The molecule has 0 unspecified atom stereocenters. The Morgan fingerprint density at radius 2 is 2.12 bits per heavy atom. The van der Waals surface area contributed by atoms with Crippen LogP contribution in [0.4, 0.5) is 0 Å². The quantitative estimate of drug-likeness (QED) is 0.277. The molecular formula is C13H23N3. The number of hydrogen-bond acceptors (Lipinski definition) is 1. The van der Waals surface area contributed by atoms with Crippen molar-refractivity contribution in [3.63, 3.8) is 0 Å². The van der Waals surface area contributed by atoms with Gasteiger partial charge in [-0.15, -0.1) is 0 Å². The molecule has 0 amide bonds. The minimum atomic E-state index is 0.168. The lowest BCUT2D eigenvalue weighted by Gasteiger charge is -2.43. The molecule has 0 heterocycles. The molecule has 1 rings (SSSR count). The third kappa shape index (κ3) is 2.41. The van der Waals surface area contributed by atoms with E-state index in [1.807, 2.05) is 0 Å². The summed E-state index contributed by atoms with van der Waals surface area (Å²) in [5.74, 6) is 0.643. The van der Waals surface area contributed by atoms with E-state index in [0.29, 0.717) is 11.3 Å². The van der Waals surface area contributed by atoms with Gasteiger partial charge in [0.2, 0.25) is 0 Å². The summed E-state index contributed by atoms with van der Waals surface area (Å²) in [7, 11) is 0. The van der Waals surface area contributed by atoms with Crippen LogP contribution in [0.2, 0.25) is 0 Å². The molecule has 16 heavy (non-hydrogen) atoms. The van der Waals surface area contributed by atoms with Gasteiger partial charge in [-0.3, -0.25) is 0 Å². The highest BCUT2D eigenvalue weighted by molar-refractivity contribution is 5.23. The molecule has 0 aliphatic heterocycles. The fourth-order valence-electron chi connectivity index (χ4n) is 2.77. The number of allylic oxidation sites excluding steroid dienone is 1. The first-order valence-corrected chi connectivity index (χ1v) is 6.13. The van der Waals surface area contributed by atoms with Crippen LogP contribution < -0.4 is 0 Å². The first-order chi connectivity index (χ1) is 7.41. The fraction of sp³-hybridized carbons (Fsp3) is 0.846. The van der Waals surface area contributed by atoms with Crippen molar-refractivity contribution in [2.45, 2.75) is 59.9 Å². The maximum Gasteiger partial charge on any atom is 0.0411 e. The topological polar surface area (TPSA) is 48.8 Å². The second-order valence-electron chi connectivity index (χ2n) is 5.65. The molecule has 0 N–H and O–H groups in total. The van der Waals surface area contributed by atoms with E-state index in [-0.39, 0.29) is 6.04 Å². The minimum Gasteiger partial charge on any atom is -0.0903 e. The standard InChI is InChI=1S/C13H23N3/c1-9(2)12-8-11(15-16-14)6-7-13(12,5)10(3)4/h10-11H,6-8H2,1-5H3/t11-,13+/m0/s1. The van der Waals surface area contributed by atoms with Gasteiger partial charge in [0.15, 0.2) is 0 Å². The molecule has 1 aliphatic carbocycles. The molecule has 1 saturated carbocycles. The average molecular weight is 221 g/mol. The zero-order valence-electron chi connectivity index (χ0n) is 11.1. The van der Waals surface area contributed by atoms with Crippen molar-refractivity contribution in [2.75, 3.05) is 0 Å². The molecule has 0 saturated heterocycles. The normalized spacial score (nSPS) is 30.1. The van der Waals surface area contributed by atoms with Crippen molar-refractivity contribution in [3.05, 3.63) is 21.6 Å². The minimum absolute atomic E-state index is 0.168. The largest absolute Gasteiger partial charge is 0.0903 e. The Morgan fingerprint density at radius 1 is 1.50 bits per heavy atom. The molecule has 0 aromatic heterocycles. The van der Waals surface area contributed by atoms with E-state index in [0.717, 1.165) is 19.3 Å². The van der Waals surface area contributed by atoms with Gasteiger partial charge in [0.25, 0.3) is 0 Å². The predicted octanol–water partition coefficient (Wildman–Crippen LogP) is 4.85. The monoisotopic (exact) mass is 221 g/mol. The summed E-state index contributed by atoms with van der Waals surface area (Å²) < 4.78 is 0. The van der Waals surface area contributed by atoms with E-state index in [1.165, 1.54) is 11.1 Å². The van der Waals surface area contributed by atoms with Crippen LogP contribution in [0.5, 0.6) is 0 Å². The Labute approximate surface area is 98.6 Å². The van der Waals surface area contributed by atoms with Gasteiger partial charge in [-0.1, -0.05) is 37.0 Å². The van der Waals surface area contributed by atoms with Crippen LogP contribution in [0.25, 0.3) is 10.4 Å². The summed E-state index contributed by atoms with van der Waals surface area (Å²) in [5.41, 5.74) is 11.7. The molecule has 0 aromatic carbocycles. The highest BCUT2D eigenvalue weighted by Crippen LogP contribution is 2.47. The van der Waals surface area contributed by atoms with Gasteiger partial charge in [-0.2, -0.15) is 0 Å². The van der Waals surface area contributed by atoms with Gasteiger partial charge in [-0.05, 0) is 50.0 Å². The van der Waals surface area contributed by atoms with E-state index in [4.69, 9.17) is 5.53 Å². The van der Waals surface area contributed by atoms with E-state index >= 15 is 0 Å². The van der Waals surface area contributed by atoms with Crippen LogP contribution in [-0.2, 0) is 0 Å². The van der Waals surface area contributed by atoms with E-state index < -0.39 is 0 Å². The smallest absolute Gasteiger partial charge is 0.0411 e. The lowest BCUT2D eigenvalue weighted by molar-refractivity contribution is 0.202. The molecule has 90 valence electrons. The summed E-state index contributed by atoms with van der Waals surface area (Å²) >= 11 is 0. The van der Waals surface area contributed by atoms with Crippen LogP contribution in [0.3, 0.4) is 0 Å². The summed E-state index contributed by atoms with van der Waals surface area (Å²) in [5, 5.41) is 3.89. The van der Waals surface area contributed by atoms with Crippen LogP contribution in [0.15, 0.2) is 16.3 Å². The summed E-state index contributed by atoms with van der Waals surface area (Å²) in [6, 6.07) is 0.168. The Hall–Kier alpha value is -0.950. The first-order valence-electron chi connectivity index (χ1n) is 6.13. The summed E-state index contributed by atoms with van der Waals surface area (Å²) in [4.78, 5) is 2.95. The fourth-order valence-corrected chi connectivity index (χ4v) is 2.77. The van der Waals surface area contributed by atoms with Crippen molar-refractivity contribution in [2.24, 2.45) is 16.4 Å². The lowest BCUT2D eigenvalue weighted by Crippen LogP contribution is -2.34. The van der Waals surface area contributed by atoms with Gasteiger partial charge in [0, 0.05) is 11.0 Å². The molecule has 1 fully saturated rings. The summed E-state index contributed by atoms with van der Waals surface area (Å²) in [6.07, 6.45) is 3.10. The van der Waals surface area contributed by atoms with Crippen LogP contribution in [-0.4, -0.2) is 6.04 Å². The molecule has 3 nitrogen and oxygen atoms in total. The Morgan fingerprint density at radius 3 is 2.56 bits per heavy atom. The molecule has 1 aliphatic rings. The molecule has 0 radical (unpaired) electrons. The zero-order chi connectivity index (χ0) is 12.3. The SMILES string of the molecule is CC(C)=C1C[C@@H](N=[N+]=[N-])CC[C@]1(C)C(C)C.